The molecule has 0 N–H and O–H groups in total. The Morgan fingerprint density at radius 1 is 0.490 bits per heavy atom. The Kier molecular flexibility index (Phi) is 8.22. The Morgan fingerprint density at radius 3 is 1.27 bits per heavy atom. The van der Waals surface area contributed by atoms with E-state index in [4.69, 9.17) is 4.74 Å². The minimum absolute atomic E-state index is 0.695. The van der Waals surface area contributed by atoms with Crippen LogP contribution in [0.1, 0.15) is 36.1 Å². The van der Waals surface area contributed by atoms with Gasteiger partial charge in [0.05, 0.1) is 35.1 Å². The van der Waals surface area contributed by atoms with Gasteiger partial charge in [0.15, 0.2) is 0 Å². The standard InChI is InChI=1S/C44H44N4O/c1-5-47(35-23-19-33(20-24-35)43-37-15-7-11-31-13-9-17-39(41(31)37)45(43)3)27-29-49-30-28-48(6-2)36-25-21-34(22-26-36)44-38-16-8-12-32-14-10-18-40(42(32)38)46(44)4/h7-26H,5-6,27-30H2,1-4H3/q+2. The average Bonchev–Trinajstić information content (AvgIpc) is 3.60. The zero-order valence-corrected chi connectivity index (χ0v) is 29.0. The van der Waals surface area contributed by atoms with Gasteiger partial charge in [-0.05, 0) is 85.3 Å². The summed E-state index contributed by atoms with van der Waals surface area (Å²) in [5.41, 5.74) is 12.7. The number of anilines is 2. The highest BCUT2D eigenvalue weighted by molar-refractivity contribution is 6.23. The van der Waals surface area contributed by atoms with Crippen molar-refractivity contribution in [2.75, 3.05) is 63.3 Å². The van der Waals surface area contributed by atoms with Crippen molar-refractivity contribution in [3.05, 3.63) is 144 Å². The fourth-order valence-electron chi connectivity index (χ4n) is 7.95. The van der Waals surface area contributed by atoms with Crippen molar-refractivity contribution in [3.8, 4) is 0 Å². The lowest BCUT2D eigenvalue weighted by atomic mass is 9.98. The second kappa shape index (κ2) is 13.0. The van der Waals surface area contributed by atoms with Gasteiger partial charge in [-0.2, -0.15) is 9.15 Å². The van der Waals surface area contributed by atoms with Gasteiger partial charge in [-0.1, -0.05) is 48.5 Å². The molecule has 2 aliphatic rings. The highest BCUT2D eigenvalue weighted by atomic mass is 16.5. The van der Waals surface area contributed by atoms with Gasteiger partial charge >= 0.3 is 0 Å². The molecule has 0 radical (unpaired) electrons. The summed E-state index contributed by atoms with van der Waals surface area (Å²) in [6.45, 7) is 9.41. The third-order valence-electron chi connectivity index (χ3n) is 10.5. The number of rotatable bonds is 12. The van der Waals surface area contributed by atoms with Crippen LogP contribution >= 0.6 is 0 Å². The fraction of sp³-hybridized carbons (Fsp3) is 0.227. The molecule has 6 aromatic rings. The van der Waals surface area contributed by atoms with Crippen LogP contribution in [0.4, 0.5) is 22.7 Å². The van der Waals surface area contributed by atoms with Crippen molar-refractivity contribution < 1.29 is 13.9 Å². The molecule has 6 aromatic carbocycles. The average molecular weight is 645 g/mol. The van der Waals surface area contributed by atoms with E-state index in [-0.39, 0.29) is 0 Å². The van der Waals surface area contributed by atoms with E-state index in [1.165, 1.54) is 78.0 Å². The molecule has 5 heteroatoms. The number of benzene rings is 6. The molecule has 0 amide bonds. The summed E-state index contributed by atoms with van der Waals surface area (Å²) >= 11 is 0. The lowest BCUT2D eigenvalue weighted by Crippen LogP contribution is -2.30. The first-order chi connectivity index (χ1) is 24.1. The minimum Gasteiger partial charge on any atom is -0.378 e. The van der Waals surface area contributed by atoms with Gasteiger partial charge in [0.2, 0.25) is 22.8 Å². The molecule has 8 rings (SSSR count). The Hall–Kier alpha value is -5.26. The summed E-state index contributed by atoms with van der Waals surface area (Å²) in [5.74, 6) is 0. The Balaban J connectivity index is 0.872. The summed E-state index contributed by atoms with van der Waals surface area (Å²) in [6.07, 6.45) is 0. The molecule has 0 unspecified atom stereocenters. The first kappa shape index (κ1) is 31.0. The lowest BCUT2D eigenvalue weighted by molar-refractivity contribution is -0.399. The van der Waals surface area contributed by atoms with Gasteiger partial charge < -0.3 is 14.5 Å². The van der Waals surface area contributed by atoms with Gasteiger partial charge in [0.25, 0.3) is 0 Å². The molecule has 49 heavy (non-hydrogen) atoms. The first-order valence-corrected chi connectivity index (χ1v) is 17.6. The third-order valence-corrected chi connectivity index (χ3v) is 10.5. The Labute approximate surface area is 289 Å². The molecule has 5 nitrogen and oxygen atoms in total. The maximum atomic E-state index is 6.21. The maximum Gasteiger partial charge on any atom is 0.220 e. The van der Waals surface area contributed by atoms with Crippen molar-refractivity contribution in [1.29, 1.82) is 0 Å². The largest absolute Gasteiger partial charge is 0.378 e. The molecular formula is C44H44N4O+2. The SMILES string of the molecule is CCN(CCOCCN(CC)c1ccc(C2=[N+](C)c3cccc4cccc2c34)cc1)c1ccc(C2=[N+](C)c3cccc4cccc2c34)cc1. The van der Waals surface area contributed by atoms with Crippen molar-refractivity contribution >= 4 is 55.7 Å². The van der Waals surface area contributed by atoms with Gasteiger partial charge in [-0.15, -0.1) is 0 Å². The molecule has 0 saturated carbocycles. The molecule has 0 aliphatic carbocycles. The van der Waals surface area contributed by atoms with Gasteiger partial charge in [-0.3, -0.25) is 0 Å². The van der Waals surface area contributed by atoms with Crippen LogP contribution in [0.3, 0.4) is 0 Å². The second-order valence-corrected chi connectivity index (χ2v) is 13.0. The zero-order chi connectivity index (χ0) is 33.5. The van der Waals surface area contributed by atoms with Crippen molar-refractivity contribution in [2.24, 2.45) is 0 Å². The quantitative estimate of drug-likeness (QED) is 0.0984. The van der Waals surface area contributed by atoms with E-state index in [0.717, 1.165) is 26.2 Å². The molecule has 0 fully saturated rings. The highest BCUT2D eigenvalue weighted by Gasteiger charge is 2.31. The van der Waals surface area contributed by atoms with Crippen LogP contribution in [0.15, 0.2) is 121 Å². The summed E-state index contributed by atoms with van der Waals surface area (Å²) in [7, 11) is 4.35. The second-order valence-electron chi connectivity index (χ2n) is 13.0. The van der Waals surface area contributed by atoms with Crippen LogP contribution in [-0.2, 0) is 4.74 Å². The normalized spacial score (nSPS) is 13.3. The number of ether oxygens (including phenoxy) is 1. The first-order valence-electron chi connectivity index (χ1n) is 17.6. The Morgan fingerprint density at radius 2 is 0.878 bits per heavy atom. The molecule has 0 saturated heterocycles. The summed E-state index contributed by atoms with van der Waals surface area (Å²) in [4.78, 5) is 4.80. The van der Waals surface area contributed by atoms with E-state index in [9.17, 15) is 0 Å². The number of likely N-dealkylation sites (N-methyl/N-ethyl adjacent to an activating group) is 2. The van der Waals surface area contributed by atoms with Gasteiger partial charge in [0.1, 0.15) is 14.1 Å². The van der Waals surface area contributed by atoms with Crippen LogP contribution in [0.2, 0.25) is 0 Å². The molecule has 0 aromatic heterocycles. The molecule has 2 heterocycles. The van der Waals surface area contributed by atoms with Gasteiger partial charge in [-0.25, -0.2) is 0 Å². The number of hydrogen-bond acceptors (Lipinski definition) is 3. The molecular weight excluding hydrogens is 601 g/mol. The number of hydrogen-bond donors (Lipinski definition) is 0. The van der Waals surface area contributed by atoms with E-state index in [2.05, 4.69) is 168 Å². The van der Waals surface area contributed by atoms with E-state index < -0.39 is 0 Å². The summed E-state index contributed by atoms with van der Waals surface area (Å²) in [5, 5.41) is 5.28. The fourth-order valence-corrected chi connectivity index (χ4v) is 7.95. The number of nitrogens with zero attached hydrogens (tertiary/aromatic N) is 4. The van der Waals surface area contributed by atoms with E-state index in [1.807, 2.05) is 0 Å². The van der Waals surface area contributed by atoms with Crippen molar-refractivity contribution in [3.63, 3.8) is 0 Å². The monoisotopic (exact) mass is 644 g/mol. The van der Waals surface area contributed by atoms with Crippen molar-refractivity contribution in [1.82, 2.24) is 0 Å². The third kappa shape index (κ3) is 5.39. The predicted molar refractivity (Wildman–Crippen MR) is 205 cm³/mol. The molecule has 0 bridgehead atoms. The van der Waals surface area contributed by atoms with Crippen LogP contribution in [0, 0.1) is 0 Å². The minimum atomic E-state index is 0.695. The van der Waals surface area contributed by atoms with Crippen molar-refractivity contribution in [2.45, 2.75) is 13.8 Å². The summed E-state index contributed by atoms with van der Waals surface area (Å²) < 4.78 is 10.9. The van der Waals surface area contributed by atoms with Crippen LogP contribution < -0.4 is 9.80 Å². The molecule has 2 aliphatic heterocycles. The lowest BCUT2D eigenvalue weighted by Gasteiger charge is -2.25. The summed E-state index contributed by atoms with van der Waals surface area (Å²) in [6, 6.07) is 44.5. The Bertz CT molecular complexity index is 2080. The smallest absolute Gasteiger partial charge is 0.220 e. The van der Waals surface area contributed by atoms with Crippen LogP contribution in [0.5, 0.6) is 0 Å². The van der Waals surface area contributed by atoms with E-state index in [0.29, 0.717) is 13.2 Å². The van der Waals surface area contributed by atoms with E-state index in [1.54, 1.807) is 0 Å². The van der Waals surface area contributed by atoms with Gasteiger partial charge in [0, 0.05) is 60.8 Å². The molecule has 0 atom stereocenters. The van der Waals surface area contributed by atoms with Crippen LogP contribution in [0.25, 0.3) is 21.5 Å². The topological polar surface area (TPSA) is 21.7 Å². The van der Waals surface area contributed by atoms with E-state index >= 15 is 0 Å². The predicted octanol–water partition coefficient (Wildman–Crippen LogP) is 8.61. The van der Waals surface area contributed by atoms with Crippen LogP contribution in [-0.4, -0.2) is 74.1 Å². The molecule has 244 valence electrons. The maximum absolute atomic E-state index is 6.21. The zero-order valence-electron chi connectivity index (χ0n) is 29.0. The highest BCUT2D eigenvalue weighted by Crippen LogP contribution is 2.37. The molecule has 0 spiro atoms.